The Morgan fingerprint density at radius 1 is 1.55 bits per heavy atom. The van der Waals surface area contributed by atoms with Gasteiger partial charge in [0, 0.05) is 20.7 Å². The molecule has 0 unspecified atom stereocenters. The molecule has 112 valence electrons. The van der Waals surface area contributed by atoms with Gasteiger partial charge in [0.15, 0.2) is 0 Å². The van der Waals surface area contributed by atoms with E-state index in [0.717, 1.165) is 0 Å². The highest BCUT2D eigenvalue weighted by atomic mass is 16.6. The first-order valence-corrected chi connectivity index (χ1v) is 6.21. The minimum Gasteiger partial charge on any atom is -0.383 e. The Morgan fingerprint density at radius 2 is 2.25 bits per heavy atom. The Morgan fingerprint density at radius 3 is 2.80 bits per heavy atom. The summed E-state index contributed by atoms with van der Waals surface area (Å²) in [5, 5.41) is 20.5. The van der Waals surface area contributed by atoms with Crippen molar-refractivity contribution in [1.82, 2.24) is 15.1 Å². The number of amides is 1. The number of anilines is 1. The molecule has 0 atom stereocenters. The lowest BCUT2D eigenvalue weighted by atomic mass is 10.3. The number of hydrogen-bond acceptors (Lipinski definition) is 6. The third-order valence-corrected chi connectivity index (χ3v) is 2.65. The molecular weight excluding hydrogens is 266 g/mol. The van der Waals surface area contributed by atoms with Gasteiger partial charge in [0.2, 0.25) is 11.7 Å². The highest BCUT2D eigenvalue weighted by Crippen LogP contribution is 2.27. The molecule has 1 aromatic heterocycles. The second-order valence-electron chi connectivity index (χ2n) is 4.07. The van der Waals surface area contributed by atoms with Crippen LogP contribution in [0.4, 0.5) is 11.5 Å². The topological polar surface area (TPSA) is 111 Å². The molecule has 0 aliphatic rings. The Balaban J connectivity index is 2.70. The monoisotopic (exact) mass is 285 g/mol. The van der Waals surface area contributed by atoms with Crippen molar-refractivity contribution in [2.24, 2.45) is 7.05 Å². The summed E-state index contributed by atoms with van der Waals surface area (Å²) in [6.07, 6.45) is 0.450. The third-order valence-electron chi connectivity index (χ3n) is 2.65. The summed E-state index contributed by atoms with van der Waals surface area (Å²) in [6, 6.07) is 0. The predicted molar refractivity (Wildman–Crippen MR) is 72.6 cm³/mol. The molecule has 1 aromatic rings. The normalized spacial score (nSPS) is 10.3. The van der Waals surface area contributed by atoms with E-state index in [1.165, 1.54) is 11.8 Å². The lowest BCUT2D eigenvalue weighted by Crippen LogP contribution is -2.32. The van der Waals surface area contributed by atoms with E-state index in [2.05, 4.69) is 15.7 Å². The molecule has 0 radical (unpaired) electrons. The van der Waals surface area contributed by atoms with Gasteiger partial charge < -0.3 is 15.4 Å². The van der Waals surface area contributed by atoms with E-state index in [-0.39, 0.29) is 24.0 Å². The molecule has 9 nitrogen and oxygen atoms in total. The summed E-state index contributed by atoms with van der Waals surface area (Å²) in [7, 11) is 3.13. The van der Waals surface area contributed by atoms with E-state index in [9.17, 15) is 14.9 Å². The van der Waals surface area contributed by atoms with Gasteiger partial charge in [-0.1, -0.05) is 6.92 Å². The van der Waals surface area contributed by atoms with Gasteiger partial charge in [-0.15, -0.1) is 0 Å². The van der Waals surface area contributed by atoms with E-state index in [0.29, 0.717) is 25.3 Å². The molecular formula is C11H19N5O4. The molecule has 1 rings (SSSR count). The summed E-state index contributed by atoms with van der Waals surface area (Å²) in [5.74, 6) is -0.0377. The Labute approximate surface area is 116 Å². The molecule has 0 saturated heterocycles. The van der Waals surface area contributed by atoms with Crippen LogP contribution in [-0.2, 0) is 23.0 Å². The molecule has 0 bridgehead atoms. The zero-order valence-corrected chi connectivity index (χ0v) is 11.8. The zero-order chi connectivity index (χ0) is 15.1. The molecule has 9 heteroatoms. The first kappa shape index (κ1) is 15.9. The highest BCUT2D eigenvalue weighted by molar-refractivity contribution is 5.81. The zero-order valence-electron chi connectivity index (χ0n) is 11.8. The standard InChI is InChI=1S/C11H19N5O4/c1-4-8-10(16(18)19)11(15(2)14-8)13-7-9(17)12-5-6-20-3/h13H,4-7H2,1-3H3,(H,12,17). The first-order chi connectivity index (χ1) is 9.51. The summed E-state index contributed by atoms with van der Waals surface area (Å²) in [5.41, 5.74) is 0.305. The van der Waals surface area contributed by atoms with Crippen LogP contribution in [0.1, 0.15) is 12.6 Å². The minimum absolute atomic E-state index is 0.0623. The largest absolute Gasteiger partial charge is 0.383 e. The van der Waals surface area contributed by atoms with Crippen LogP contribution in [0.3, 0.4) is 0 Å². The number of methoxy groups -OCH3 is 1. The van der Waals surface area contributed by atoms with Crippen LogP contribution < -0.4 is 10.6 Å². The lowest BCUT2D eigenvalue weighted by molar-refractivity contribution is -0.384. The van der Waals surface area contributed by atoms with Gasteiger partial charge in [-0.3, -0.25) is 14.9 Å². The summed E-state index contributed by atoms with van der Waals surface area (Å²) >= 11 is 0. The molecule has 20 heavy (non-hydrogen) atoms. The quantitative estimate of drug-likeness (QED) is 0.397. The lowest BCUT2D eigenvalue weighted by Gasteiger charge is -2.07. The fourth-order valence-electron chi connectivity index (χ4n) is 1.72. The molecule has 2 N–H and O–H groups in total. The maximum atomic E-state index is 11.5. The minimum atomic E-state index is -0.489. The van der Waals surface area contributed by atoms with Crippen LogP contribution in [0.15, 0.2) is 0 Å². The highest BCUT2D eigenvalue weighted by Gasteiger charge is 2.25. The maximum absolute atomic E-state index is 11.5. The van der Waals surface area contributed by atoms with Crippen LogP contribution in [-0.4, -0.2) is 47.4 Å². The Hall–Kier alpha value is -2.16. The fraction of sp³-hybridized carbons (Fsp3) is 0.636. The van der Waals surface area contributed by atoms with Gasteiger partial charge in [-0.2, -0.15) is 5.10 Å². The van der Waals surface area contributed by atoms with Crippen molar-refractivity contribution >= 4 is 17.4 Å². The van der Waals surface area contributed by atoms with E-state index >= 15 is 0 Å². The first-order valence-electron chi connectivity index (χ1n) is 6.21. The molecule has 0 saturated carbocycles. The third kappa shape index (κ3) is 3.92. The number of nitro groups is 1. The van der Waals surface area contributed by atoms with Crippen molar-refractivity contribution in [3.8, 4) is 0 Å². The fourth-order valence-corrected chi connectivity index (χ4v) is 1.72. The number of nitrogens with one attached hydrogen (secondary N) is 2. The van der Waals surface area contributed by atoms with Crippen LogP contribution in [0.2, 0.25) is 0 Å². The number of nitrogens with zero attached hydrogens (tertiary/aromatic N) is 3. The van der Waals surface area contributed by atoms with Gasteiger partial charge in [0.1, 0.15) is 5.69 Å². The number of aryl methyl sites for hydroxylation is 2. The molecule has 0 aliphatic carbocycles. The molecule has 0 spiro atoms. The number of ether oxygens (including phenoxy) is 1. The molecule has 1 amide bonds. The average Bonchev–Trinajstić information content (AvgIpc) is 2.73. The van der Waals surface area contributed by atoms with Crippen molar-refractivity contribution < 1.29 is 14.5 Å². The second kappa shape index (κ2) is 7.43. The van der Waals surface area contributed by atoms with Crippen molar-refractivity contribution in [3.05, 3.63) is 15.8 Å². The van der Waals surface area contributed by atoms with E-state index in [1.54, 1.807) is 14.0 Å². The van der Waals surface area contributed by atoms with Crippen LogP contribution in [0, 0.1) is 10.1 Å². The van der Waals surface area contributed by atoms with Gasteiger partial charge in [-0.25, -0.2) is 4.68 Å². The summed E-state index contributed by atoms with van der Waals surface area (Å²) in [4.78, 5) is 22.1. The second-order valence-corrected chi connectivity index (χ2v) is 4.07. The average molecular weight is 285 g/mol. The summed E-state index contributed by atoms with van der Waals surface area (Å²) < 4.78 is 6.18. The van der Waals surface area contributed by atoms with Crippen LogP contribution in [0.25, 0.3) is 0 Å². The summed E-state index contributed by atoms with van der Waals surface area (Å²) in [6.45, 7) is 2.53. The molecule has 0 fully saturated rings. The van der Waals surface area contributed by atoms with E-state index < -0.39 is 4.92 Å². The van der Waals surface area contributed by atoms with Crippen molar-refractivity contribution in [2.75, 3.05) is 32.1 Å². The van der Waals surface area contributed by atoms with Crippen molar-refractivity contribution in [3.63, 3.8) is 0 Å². The SMILES string of the molecule is CCc1nn(C)c(NCC(=O)NCCOC)c1[N+](=O)[O-]. The van der Waals surface area contributed by atoms with E-state index in [4.69, 9.17) is 4.74 Å². The van der Waals surface area contributed by atoms with Crippen molar-refractivity contribution in [1.29, 1.82) is 0 Å². The molecule has 1 heterocycles. The number of aromatic nitrogens is 2. The number of carbonyl (C=O) groups is 1. The molecule has 0 aromatic carbocycles. The van der Waals surface area contributed by atoms with Crippen LogP contribution in [0.5, 0.6) is 0 Å². The van der Waals surface area contributed by atoms with Crippen LogP contribution >= 0.6 is 0 Å². The number of hydrogen-bond donors (Lipinski definition) is 2. The molecule has 0 aliphatic heterocycles. The predicted octanol–water partition coefficient (Wildman–Crippen LogP) is 0.0652. The van der Waals surface area contributed by atoms with Gasteiger partial charge in [0.25, 0.3) is 0 Å². The Kier molecular flexibility index (Phi) is 5.91. The van der Waals surface area contributed by atoms with Gasteiger partial charge >= 0.3 is 5.69 Å². The number of rotatable bonds is 8. The van der Waals surface area contributed by atoms with Gasteiger partial charge in [0.05, 0.1) is 18.1 Å². The number of carbonyl (C=O) groups excluding carboxylic acids is 1. The van der Waals surface area contributed by atoms with Crippen molar-refractivity contribution in [2.45, 2.75) is 13.3 Å². The smallest absolute Gasteiger partial charge is 0.333 e. The van der Waals surface area contributed by atoms with E-state index in [1.807, 2.05) is 0 Å². The maximum Gasteiger partial charge on any atom is 0.333 e. The van der Waals surface area contributed by atoms with Gasteiger partial charge in [-0.05, 0) is 6.42 Å². The Bertz CT molecular complexity index is 485.